The van der Waals surface area contributed by atoms with Gasteiger partial charge in [0, 0.05) is 24.5 Å². The molecular formula is C16H17NO9. The molecule has 140 valence electrons. The van der Waals surface area contributed by atoms with Crippen LogP contribution in [-0.2, 0) is 33.4 Å². The summed E-state index contributed by atoms with van der Waals surface area (Å²) in [4.78, 5) is 57.9. The van der Waals surface area contributed by atoms with Crippen molar-refractivity contribution in [2.45, 2.75) is 12.3 Å². The maximum Gasteiger partial charge on any atom is 0.374 e. The zero-order valence-electron chi connectivity index (χ0n) is 14.3. The summed E-state index contributed by atoms with van der Waals surface area (Å²) < 4.78 is 13.5. The van der Waals surface area contributed by atoms with Crippen LogP contribution in [0.15, 0.2) is 24.3 Å². The van der Waals surface area contributed by atoms with Crippen molar-refractivity contribution in [3.63, 3.8) is 0 Å². The molecule has 10 heteroatoms. The molecule has 0 aliphatic rings. The van der Waals surface area contributed by atoms with Gasteiger partial charge >= 0.3 is 17.9 Å². The molecule has 0 saturated heterocycles. The number of methoxy groups -OCH3 is 3. The van der Waals surface area contributed by atoms with Gasteiger partial charge in [0.15, 0.2) is 5.92 Å². The van der Waals surface area contributed by atoms with E-state index in [0.717, 1.165) is 27.4 Å². The molecular weight excluding hydrogens is 350 g/mol. The summed E-state index contributed by atoms with van der Waals surface area (Å²) in [5.74, 6) is -7.02. The van der Waals surface area contributed by atoms with Gasteiger partial charge < -0.3 is 14.2 Å². The maximum atomic E-state index is 12.1. The van der Waals surface area contributed by atoms with E-state index in [1.807, 2.05) is 0 Å². The first kappa shape index (κ1) is 20.7. The Labute approximate surface area is 148 Å². The van der Waals surface area contributed by atoms with E-state index < -0.39 is 46.9 Å². The minimum absolute atomic E-state index is 0.122. The number of esters is 3. The lowest BCUT2D eigenvalue weighted by Crippen LogP contribution is -2.34. The molecule has 0 N–H and O–H groups in total. The van der Waals surface area contributed by atoms with Crippen molar-refractivity contribution in [3.8, 4) is 0 Å². The molecule has 0 heterocycles. The van der Waals surface area contributed by atoms with Crippen LogP contribution in [0, 0.1) is 16.0 Å². The number of benzene rings is 1. The summed E-state index contributed by atoms with van der Waals surface area (Å²) in [7, 11) is 3.07. The lowest BCUT2D eigenvalue weighted by Gasteiger charge is -2.22. The molecule has 0 radical (unpaired) electrons. The van der Waals surface area contributed by atoms with Gasteiger partial charge in [-0.05, 0) is 5.56 Å². The van der Waals surface area contributed by atoms with E-state index >= 15 is 0 Å². The van der Waals surface area contributed by atoms with Crippen LogP contribution in [0.1, 0.15) is 17.9 Å². The fraction of sp³-hybridized carbons (Fsp3) is 0.375. The highest BCUT2D eigenvalue weighted by atomic mass is 16.6. The summed E-state index contributed by atoms with van der Waals surface area (Å²) in [6.07, 6.45) is -0.608. The van der Waals surface area contributed by atoms with Crippen LogP contribution in [0.3, 0.4) is 0 Å². The first-order valence-electron chi connectivity index (χ1n) is 7.27. The summed E-state index contributed by atoms with van der Waals surface area (Å²) in [5, 5.41) is 11.0. The Morgan fingerprint density at radius 2 is 1.62 bits per heavy atom. The van der Waals surface area contributed by atoms with Crippen molar-refractivity contribution < 1.29 is 38.3 Å². The second kappa shape index (κ2) is 9.25. The number of non-ortho nitro benzene ring substituents is 1. The van der Waals surface area contributed by atoms with E-state index in [1.54, 1.807) is 0 Å². The first-order chi connectivity index (χ1) is 12.3. The average Bonchev–Trinajstić information content (AvgIpc) is 2.65. The molecule has 0 fully saturated rings. The van der Waals surface area contributed by atoms with Crippen molar-refractivity contribution in [2.24, 2.45) is 5.92 Å². The Bertz CT molecular complexity index is 712. The number of hydrogen-bond acceptors (Lipinski definition) is 9. The van der Waals surface area contributed by atoms with Gasteiger partial charge in [-0.15, -0.1) is 0 Å². The molecule has 10 nitrogen and oxygen atoms in total. The van der Waals surface area contributed by atoms with Gasteiger partial charge in [-0.25, -0.2) is 4.79 Å². The van der Waals surface area contributed by atoms with E-state index in [2.05, 4.69) is 14.2 Å². The fourth-order valence-corrected chi connectivity index (χ4v) is 2.37. The lowest BCUT2D eigenvalue weighted by atomic mass is 9.82. The van der Waals surface area contributed by atoms with Gasteiger partial charge in [0.1, 0.15) is 0 Å². The van der Waals surface area contributed by atoms with Crippen LogP contribution in [0.4, 0.5) is 5.69 Å². The fourth-order valence-electron chi connectivity index (χ4n) is 2.37. The highest BCUT2D eigenvalue weighted by Gasteiger charge is 2.40. The number of carbonyl (C=O) groups is 4. The third-order valence-electron chi connectivity index (χ3n) is 3.64. The predicted molar refractivity (Wildman–Crippen MR) is 85.0 cm³/mol. The van der Waals surface area contributed by atoms with Gasteiger partial charge in [0.05, 0.1) is 26.3 Å². The second-order valence-electron chi connectivity index (χ2n) is 5.10. The molecule has 0 aromatic heterocycles. The summed E-state index contributed by atoms with van der Waals surface area (Å²) in [6.45, 7) is 0. The number of Topliss-reactive ketones (excluding diaryl/α,β-unsaturated/α-hetero) is 1. The van der Waals surface area contributed by atoms with Gasteiger partial charge in [-0.3, -0.25) is 24.5 Å². The maximum absolute atomic E-state index is 12.1. The lowest BCUT2D eigenvalue weighted by molar-refractivity contribution is -0.384. The standard InChI is InChI=1S/C16H17NO9/c1-24-14(19)12(18)8-11(13(15(20)25-2)16(21)26-3)9-5-4-6-10(7-9)17(22)23/h4-7,11,13H,8H2,1-3H3. The monoisotopic (exact) mass is 367 g/mol. The quantitative estimate of drug-likeness (QED) is 0.163. The van der Waals surface area contributed by atoms with E-state index in [9.17, 15) is 29.3 Å². The largest absolute Gasteiger partial charge is 0.468 e. The Hall–Kier alpha value is -3.30. The van der Waals surface area contributed by atoms with Crippen molar-refractivity contribution in [2.75, 3.05) is 21.3 Å². The number of rotatable bonds is 8. The molecule has 0 aliphatic carbocycles. The molecule has 1 aromatic carbocycles. The minimum Gasteiger partial charge on any atom is -0.468 e. The summed E-state index contributed by atoms with van der Waals surface area (Å²) >= 11 is 0. The van der Waals surface area contributed by atoms with Crippen molar-refractivity contribution in [1.82, 2.24) is 0 Å². The number of nitro benzene ring substituents is 1. The van der Waals surface area contributed by atoms with Gasteiger partial charge in [0.2, 0.25) is 5.78 Å². The Morgan fingerprint density at radius 3 is 2.08 bits per heavy atom. The number of hydrogen-bond donors (Lipinski definition) is 0. The van der Waals surface area contributed by atoms with Gasteiger partial charge in [0.25, 0.3) is 5.69 Å². The zero-order valence-corrected chi connectivity index (χ0v) is 14.3. The van der Waals surface area contributed by atoms with Crippen molar-refractivity contribution in [1.29, 1.82) is 0 Å². The number of nitrogens with zero attached hydrogens (tertiary/aromatic N) is 1. The second-order valence-corrected chi connectivity index (χ2v) is 5.10. The molecule has 26 heavy (non-hydrogen) atoms. The molecule has 0 aliphatic heterocycles. The molecule has 1 atom stereocenters. The number of ketones is 1. The zero-order chi connectivity index (χ0) is 19.9. The molecule has 0 saturated carbocycles. The molecule has 0 amide bonds. The Morgan fingerprint density at radius 1 is 1.04 bits per heavy atom. The number of nitro groups is 1. The SMILES string of the molecule is COC(=O)C(=O)CC(c1cccc([N+](=O)[O-])c1)C(C(=O)OC)C(=O)OC. The topological polar surface area (TPSA) is 139 Å². The summed E-state index contributed by atoms with van der Waals surface area (Å²) in [6, 6.07) is 5.03. The minimum atomic E-state index is -1.60. The van der Waals surface area contributed by atoms with Crippen LogP contribution in [0.5, 0.6) is 0 Å². The molecule has 1 rings (SSSR count). The van der Waals surface area contributed by atoms with Crippen LogP contribution in [0.25, 0.3) is 0 Å². The molecule has 1 aromatic rings. The van der Waals surface area contributed by atoms with E-state index in [1.165, 1.54) is 18.2 Å². The highest BCUT2D eigenvalue weighted by molar-refractivity contribution is 6.33. The van der Waals surface area contributed by atoms with Crippen LogP contribution < -0.4 is 0 Å². The smallest absolute Gasteiger partial charge is 0.374 e. The average molecular weight is 367 g/mol. The van der Waals surface area contributed by atoms with E-state index in [0.29, 0.717) is 0 Å². The predicted octanol–water partition coefficient (Wildman–Crippen LogP) is 0.773. The van der Waals surface area contributed by atoms with Gasteiger partial charge in [-0.2, -0.15) is 0 Å². The highest BCUT2D eigenvalue weighted by Crippen LogP contribution is 2.32. The molecule has 0 spiro atoms. The number of ether oxygens (including phenoxy) is 3. The van der Waals surface area contributed by atoms with E-state index in [4.69, 9.17) is 0 Å². The third kappa shape index (κ3) is 4.85. The van der Waals surface area contributed by atoms with Gasteiger partial charge in [-0.1, -0.05) is 12.1 Å². The van der Waals surface area contributed by atoms with Crippen LogP contribution >= 0.6 is 0 Å². The molecule has 0 bridgehead atoms. The van der Waals surface area contributed by atoms with Crippen molar-refractivity contribution in [3.05, 3.63) is 39.9 Å². The molecule has 1 unspecified atom stereocenters. The number of carbonyl (C=O) groups excluding carboxylic acids is 4. The summed E-state index contributed by atoms with van der Waals surface area (Å²) in [5.41, 5.74) is -0.191. The Kier molecular flexibility index (Phi) is 7.38. The van der Waals surface area contributed by atoms with E-state index in [-0.39, 0.29) is 11.3 Å². The van der Waals surface area contributed by atoms with Crippen LogP contribution in [-0.4, -0.2) is 49.9 Å². The normalized spacial score (nSPS) is 11.4. The van der Waals surface area contributed by atoms with Crippen molar-refractivity contribution >= 4 is 29.4 Å². The Balaban J connectivity index is 3.45. The first-order valence-corrected chi connectivity index (χ1v) is 7.27. The van der Waals surface area contributed by atoms with Crippen LogP contribution in [0.2, 0.25) is 0 Å². The third-order valence-corrected chi connectivity index (χ3v) is 3.64.